The Morgan fingerprint density at radius 1 is 1.20 bits per heavy atom. The first kappa shape index (κ1) is 16.8. The van der Waals surface area contributed by atoms with Crippen LogP contribution in [0.4, 0.5) is 8.78 Å². The average Bonchev–Trinajstić information content (AvgIpc) is 3.36. The number of aromatic amines is 1. The van der Waals surface area contributed by atoms with Gasteiger partial charge in [-0.3, -0.25) is 5.43 Å². The van der Waals surface area contributed by atoms with Crippen LogP contribution < -0.4 is 5.43 Å². The molecule has 2 aliphatic rings. The lowest BCUT2D eigenvalue weighted by molar-refractivity contribution is 0.0773. The molecule has 7 heteroatoms. The molecule has 2 N–H and O–H groups in total. The summed E-state index contributed by atoms with van der Waals surface area (Å²) in [6.07, 6.45) is 6.58. The van der Waals surface area contributed by atoms with Crippen molar-refractivity contribution in [2.45, 2.75) is 56.9 Å². The van der Waals surface area contributed by atoms with Gasteiger partial charge in [-0.1, -0.05) is 12.8 Å². The zero-order valence-electron chi connectivity index (χ0n) is 14.3. The van der Waals surface area contributed by atoms with Crippen LogP contribution in [0.25, 0.3) is 11.0 Å². The Labute approximate surface area is 146 Å². The quantitative estimate of drug-likeness (QED) is 0.838. The van der Waals surface area contributed by atoms with Crippen molar-refractivity contribution in [1.29, 1.82) is 0 Å². The molecule has 3 heterocycles. The van der Waals surface area contributed by atoms with Gasteiger partial charge in [0.05, 0.1) is 5.69 Å². The summed E-state index contributed by atoms with van der Waals surface area (Å²) in [4.78, 5) is 11.9. The number of hydrogen-bond donors (Lipinski definition) is 2. The van der Waals surface area contributed by atoms with E-state index in [9.17, 15) is 8.78 Å². The SMILES string of the molecule is FC(F)CCC(C1CCCC1)N1CC(c2ncnc3[nH]ccc23)CN1. The molecular weight excluding hydrogens is 324 g/mol. The molecule has 25 heavy (non-hydrogen) atoms. The third-order valence-corrected chi connectivity index (χ3v) is 5.75. The fourth-order valence-electron chi connectivity index (χ4n) is 4.53. The molecule has 2 aromatic rings. The number of nitrogens with zero attached hydrogens (tertiary/aromatic N) is 3. The maximum Gasteiger partial charge on any atom is 0.238 e. The summed E-state index contributed by atoms with van der Waals surface area (Å²) in [6, 6.07) is 2.21. The Balaban J connectivity index is 1.50. The molecule has 0 amide bonds. The fraction of sp³-hybridized carbons (Fsp3) is 0.667. The highest BCUT2D eigenvalue weighted by atomic mass is 19.3. The maximum atomic E-state index is 12.8. The van der Waals surface area contributed by atoms with Crippen LogP contribution in [0.3, 0.4) is 0 Å². The van der Waals surface area contributed by atoms with Gasteiger partial charge in [-0.05, 0) is 31.2 Å². The Morgan fingerprint density at radius 2 is 2.04 bits per heavy atom. The van der Waals surface area contributed by atoms with Gasteiger partial charge in [-0.15, -0.1) is 0 Å². The molecule has 0 radical (unpaired) electrons. The highest BCUT2D eigenvalue weighted by Gasteiger charge is 2.36. The second-order valence-corrected chi connectivity index (χ2v) is 7.29. The van der Waals surface area contributed by atoms with Crippen LogP contribution in [0.5, 0.6) is 0 Å². The monoisotopic (exact) mass is 349 g/mol. The van der Waals surface area contributed by atoms with Gasteiger partial charge < -0.3 is 4.98 Å². The summed E-state index contributed by atoms with van der Waals surface area (Å²) >= 11 is 0. The molecule has 4 rings (SSSR count). The van der Waals surface area contributed by atoms with Gasteiger partial charge in [0.1, 0.15) is 12.0 Å². The van der Waals surface area contributed by atoms with E-state index in [1.54, 1.807) is 6.33 Å². The first-order valence-corrected chi connectivity index (χ1v) is 9.28. The average molecular weight is 349 g/mol. The Kier molecular flexibility index (Phi) is 4.94. The van der Waals surface area contributed by atoms with E-state index in [-0.39, 0.29) is 18.4 Å². The van der Waals surface area contributed by atoms with Crippen molar-refractivity contribution in [2.24, 2.45) is 5.92 Å². The molecule has 0 aromatic carbocycles. The molecule has 2 unspecified atom stereocenters. The molecular formula is C18H25F2N5. The van der Waals surface area contributed by atoms with Gasteiger partial charge in [0, 0.05) is 43.1 Å². The van der Waals surface area contributed by atoms with Crippen LogP contribution in [-0.2, 0) is 0 Å². The van der Waals surface area contributed by atoms with Crippen LogP contribution in [0, 0.1) is 5.92 Å². The van der Waals surface area contributed by atoms with Gasteiger partial charge in [0.25, 0.3) is 0 Å². The van der Waals surface area contributed by atoms with Crippen molar-refractivity contribution in [1.82, 2.24) is 25.4 Å². The Hall–Kier alpha value is -1.60. The van der Waals surface area contributed by atoms with Gasteiger partial charge in [-0.25, -0.2) is 23.8 Å². The third kappa shape index (κ3) is 3.53. The predicted octanol–water partition coefficient (Wildman–Crippen LogP) is 3.47. The van der Waals surface area contributed by atoms with Crippen LogP contribution in [0.1, 0.15) is 50.1 Å². The highest BCUT2D eigenvalue weighted by Crippen LogP contribution is 2.35. The Morgan fingerprint density at radius 3 is 2.84 bits per heavy atom. The van der Waals surface area contributed by atoms with E-state index in [4.69, 9.17) is 0 Å². The number of hydrazine groups is 1. The van der Waals surface area contributed by atoms with Crippen LogP contribution in [-0.4, -0.2) is 45.5 Å². The first-order valence-electron chi connectivity index (χ1n) is 9.28. The predicted molar refractivity (Wildman–Crippen MR) is 92.3 cm³/mol. The number of fused-ring (bicyclic) bond motifs is 1. The molecule has 1 aliphatic carbocycles. The molecule has 2 atom stereocenters. The maximum absolute atomic E-state index is 12.8. The standard InChI is InChI=1S/C18H25F2N5/c19-16(20)6-5-15(12-3-1-2-4-12)25-10-13(9-24-25)17-14-7-8-21-18(14)23-11-22-17/h7-8,11-13,15-16,24H,1-6,9-10H2,(H,21,22,23). The van der Waals surface area contributed by atoms with E-state index in [1.165, 1.54) is 12.8 Å². The van der Waals surface area contributed by atoms with E-state index in [0.29, 0.717) is 12.3 Å². The molecule has 0 bridgehead atoms. The van der Waals surface area contributed by atoms with Crippen molar-refractivity contribution in [2.75, 3.05) is 13.1 Å². The zero-order valence-corrected chi connectivity index (χ0v) is 14.3. The second kappa shape index (κ2) is 7.33. The van der Waals surface area contributed by atoms with E-state index < -0.39 is 6.43 Å². The number of hydrogen-bond acceptors (Lipinski definition) is 4. The normalized spacial score (nSPS) is 23.9. The van der Waals surface area contributed by atoms with Crippen molar-refractivity contribution in [3.63, 3.8) is 0 Å². The number of rotatable bonds is 6. The minimum absolute atomic E-state index is 0.0143. The van der Waals surface area contributed by atoms with Gasteiger partial charge >= 0.3 is 0 Å². The molecule has 2 aromatic heterocycles. The number of H-pyrrole nitrogens is 1. The van der Waals surface area contributed by atoms with Gasteiger partial charge in [0.2, 0.25) is 6.43 Å². The first-order chi connectivity index (χ1) is 12.2. The van der Waals surface area contributed by atoms with E-state index in [2.05, 4.69) is 25.4 Å². The fourth-order valence-corrected chi connectivity index (χ4v) is 4.53. The molecule has 136 valence electrons. The van der Waals surface area contributed by atoms with Crippen LogP contribution in [0.15, 0.2) is 18.6 Å². The zero-order chi connectivity index (χ0) is 17.2. The topological polar surface area (TPSA) is 56.8 Å². The summed E-state index contributed by atoms with van der Waals surface area (Å²) in [5, 5.41) is 3.28. The summed E-state index contributed by atoms with van der Waals surface area (Å²) in [5.74, 6) is 0.791. The van der Waals surface area contributed by atoms with E-state index >= 15 is 0 Å². The van der Waals surface area contributed by atoms with Crippen molar-refractivity contribution in [3.05, 3.63) is 24.3 Å². The molecule has 2 fully saturated rings. The number of nitrogens with one attached hydrogen (secondary N) is 2. The molecule has 1 saturated heterocycles. The van der Waals surface area contributed by atoms with Crippen LogP contribution >= 0.6 is 0 Å². The lowest BCUT2D eigenvalue weighted by atomic mass is 9.93. The third-order valence-electron chi connectivity index (χ3n) is 5.75. The number of alkyl halides is 2. The summed E-state index contributed by atoms with van der Waals surface area (Å²) in [6.45, 7) is 1.62. The molecule has 1 saturated carbocycles. The van der Waals surface area contributed by atoms with E-state index in [1.807, 2.05) is 12.3 Å². The summed E-state index contributed by atoms with van der Waals surface area (Å²) in [7, 11) is 0. The molecule has 1 aliphatic heterocycles. The van der Waals surface area contributed by atoms with Gasteiger partial charge in [-0.2, -0.15) is 0 Å². The minimum Gasteiger partial charge on any atom is -0.346 e. The Bertz CT molecular complexity index is 698. The number of halogens is 2. The van der Waals surface area contributed by atoms with E-state index in [0.717, 1.165) is 42.7 Å². The van der Waals surface area contributed by atoms with Crippen molar-refractivity contribution in [3.8, 4) is 0 Å². The van der Waals surface area contributed by atoms with Crippen LogP contribution in [0.2, 0.25) is 0 Å². The lowest BCUT2D eigenvalue weighted by Gasteiger charge is -2.32. The summed E-state index contributed by atoms with van der Waals surface area (Å²) < 4.78 is 25.6. The molecule has 5 nitrogen and oxygen atoms in total. The summed E-state index contributed by atoms with van der Waals surface area (Å²) in [5.41, 5.74) is 5.38. The highest BCUT2D eigenvalue weighted by molar-refractivity contribution is 5.78. The smallest absolute Gasteiger partial charge is 0.238 e. The molecule has 0 spiro atoms. The largest absolute Gasteiger partial charge is 0.346 e. The second-order valence-electron chi connectivity index (χ2n) is 7.29. The van der Waals surface area contributed by atoms with Crippen molar-refractivity contribution < 1.29 is 8.78 Å². The number of aromatic nitrogens is 3. The van der Waals surface area contributed by atoms with Crippen molar-refractivity contribution >= 4 is 11.0 Å². The lowest BCUT2D eigenvalue weighted by Crippen LogP contribution is -2.44. The van der Waals surface area contributed by atoms with Gasteiger partial charge in [0.15, 0.2) is 0 Å². The minimum atomic E-state index is -2.22.